The molecule has 1 saturated heterocycles. The third-order valence-corrected chi connectivity index (χ3v) is 5.83. The van der Waals surface area contributed by atoms with Crippen LogP contribution in [0.15, 0.2) is 12.4 Å². The molecule has 144 valence electrons. The smallest absolute Gasteiger partial charge is 0.399 e. The molecule has 1 aliphatic heterocycles. The van der Waals surface area contributed by atoms with Crippen LogP contribution in [0.2, 0.25) is 0 Å². The molecule has 1 aromatic heterocycles. The van der Waals surface area contributed by atoms with E-state index in [4.69, 9.17) is 15.0 Å². The van der Waals surface area contributed by atoms with Crippen molar-refractivity contribution in [1.29, 1.82) is 0 Å². The van der Waals surface area contributed by atoms with Crippen molar-refractivity contribution in [2.24, 2.45) is 5.73 Å². The lowest BCUT2D eigenvalue weighted by atomic mass is 9.81. The highest BCUT2D eigenvalue weighted by molar-refractivity contribution is 6.61. The summed E-state index contributed by atoms with van der Waals surface area (Å²) in [5.41, 5.74) is 5.75. The van der Waals surface area contributed by atoms with Gasteiger partial charge >= 0.3 is 7.12 Å². The molecular formula is C18H32BN5O2. The van der Waals surface area contributed by atoms with Crippen molar-refractivity contribution in [2.75, 3.05) is 18.4 Å². The van der Waals surface area contributed by atoms with Gasteiger partial charge in [-0.05, 0) is 40.5 Å². The summed E-state index contributed by atoms with van der Waals surface area (Å²) in [5.74, 6) is 0.650. The van der Waals surface area contributed by atoms with E-state index in [1.54, 1.807) is 12.4 Å². The molecule has 7 nitrogen and oxygen atoms in total. The van der Waals surface area contributed by atoms with Crippen molar-refractivity contribution in [3.05, 3.63) is 12.4 Å². The maximum atomic E-state index is 6.06. The van der Waals surface area contributed by atoms with E-state index in [2.05, 4.69) is 20.6 Å². The zero-order valence-corrected chi connectivity index (χ0v) is 16.4. The lowest BCUT2D eigenvalue weighted by molar-refractivity contribution is 0.00578. The molecular weight excluding hydrogens is 329 g/mol. The molecule has 3 rings (SSSR count). The highest BCUT2D eigenvalue weighted by atomic mass is 16.7. The molecule has 26 heavy (non-hydrogen) atoms. The van der Waals surface area contributed by atoms with E-state index >= 15 is 0 Å². The van der Waals surface area contributed by atoms with E-state index in [0.29, 0.717) is 24.6 Å². The Hall–Kier alpha value is -1.22. The second kappa shape index (κ2) is 7.80. The molecule has 2 atom stereocenters. The van der Waals surface area contributed by atoms with Gasteiger partial charge in [-0.2, -0.15) is 0 Å². The first-order valence-corrected chi connectivity index (χ1v) is 9.70. The summed E-state index contributed by atoms with van der Waals surface area (Å²) in [6.45, 7) is 9.67. The predicted octanol–water partition coefficient (Wildman–Crippen LogP) is 1.05. The van der Waals surface area contributed by atoms with Crippen LogP contribution in [0.5, 0.6) is 0 Å². The van der Waals surface area contributed by atoms with Gasteiger partial charge in [0.05, 0.1) is 11.2 Å². The summed E-state index contributed by atoms with van der Waals surface area (Å²) in [6, 6.07) is 0.747. The molecule has 4 N–H and O–H groups in total. The number of rotatable bonds is 6. The summed E-state index contributed by atoms with van der Waals surface area (Å²) in [7, 11) is -0.428. The maximum absolute atomic E-state index is 6.06. The van der Waals surface area contributed by atoms with E-state index in [0.717, 1.165) is 24.8 Å². The largest absolute Gasteiger partial charge is 0.498 e. The number of hydrogen-bond donors (Lipinski definition) is 3. The Kier molecular flexibility index (Phi) is 5.86. The monoisotopic (exact) mass is 361 g/mol. The summed E-state index contributed by atoms with van der Waals surface area (Å²) >= 11 is 0. The molecule has 8 heteroatoms. The first kappa shape index (κ1) is 19.5. The number of aromatic nitrogens is 2. The molecule has 2 fully saturated rings. The Balaban J connectivity index is 1.63. The minimum Gasteiger partial charge on any atom is -0.399 e. The van der Waals surface area contributed by atoms with Gasteiger partial charge in [0.25, 0.3) is 0 Å². The number of nitrogens with two attached hydrogens (primary N) is 1. The van der Waals surface area contributed by atoms with E-state index in [-0.39, 0.29) is 11.2 Å². The van der Waals surface area contributed by atoms with Crippen LogP contribution in [0.3, 0.4) is 0 Å². The molecule has 1 aliphatic carbocycles. The van der Waals surface area contributed by atoms with Gasteiger partial charge in [-0.3, -0.25) is 0 Å². The van der Waals surface area contributed by atoms with Crippen LogP contribution in [0.4, 0.5) is 5.95 Å². The Labute approximate surface area is 157 Å². The van der Waals surface area contributed by atoms with Crippen molar-refractivity contribution in [1.82, 2.24) is 15.3 Å². The van der Waals surface area contributed by atoms with Crippen LogP contribution >= 0.6 is 0 Å². The minimum atomic E-state index is -0.428. The van der Waals surface area contributed by atoms with E-state index < -0.39 is 7.12 Å². The number of hydrogen-bond acceptors (Lipinski definition) is 7. The molecule has 0 bridgehead atoms. The molecule has 1 aromatic rings. The fraction of sp³-hybridized carbons (Fsp3) is 0.778. The fourth-order valence-corrected chi connectivity index (χ4v) is 3.50. The van der Waals surface area contributed by atoms with Gasteiger partial charge in [0.1, 0.15) is 0 Å². The van der Waals surface area contributed by atoms with Crippen molar-refractivity contribution in [2.45, 2.75) is 76.7 Å². The zero-order valence-electron chi connectivity index (χ0n) is 16.4. The zero-order chi connectivity index (χ0) is 18.8. The Morgan fingerprint density at radius 2 is 1.65 bits per heavy atom. The number of nitrogens with zero attached hydrogens (tertiary/aromatic N) is 2. The lowest BCUT2D eigenvalue weighted by Gasteiger charge is -2.32. The van der Waals surface area contributed by atoms with Gasteiger partial charge in [0.15, 0.2) is 0 Å². The van der Waals surface area contributed by atoms with E-state index in [1.165, 1.54) is 12.8 Å². The van der Waals surface area contributed by atoms with Crippen molar-refractivity contribution >= 4 is 18.5 Å². The molecule has 2 aliphatic rings. The fourth-order valence-electron chi connectivity index (χ4n) is 3.50. The van der Waals surface area contributed by atoms with Gasteiger partial charge in [-0.1, -0.05) is 12.8 Å². The predicted molar refractivity (Wildman–Crippen MR) is 104 cm³/mol. The highest BCUT2D eigenvalue weighted by Gasteiger charge is 2.51. The first-order chi connectivity index (χ1) is 12.3. The lowest BCUT2D eigenvalue weighted by Crippen LogP contribution is -2.48. The molecule has 0 spiro atoms. The first-order valence-electron chi connectivity index (χ1n) is 9.70. The van der Waals surface area contributed by atoms with Crippen LogP contribution < -0.4 is 21.8 Å². The van der Waals surface area contributed by atoms with Crippen molar-refractivity contribution in [3.63, 3.8) is 0 Å². The molecule has 0 radical (unpaired) electrons. The molecule has 1 saturated carbocycles. The van der Waals surface area contributed by atoms with Gasteiger partial charge in [-0.15, -0.1) is 0 Å². The van der Waals surface area contributed by atoms with Crippen molar-refractivity contribution in [3.8, 4) is 0 Å². The quantitative estimate of drug-likeness (QED) is 0.652. The summed E-state index contributed by atoms with van der Waals surface area (Å²) in [6.07, 6.45) is 8.34. The average molecular weight is 361 g/mol. The summed E-state index contributed by atoms with van der Waals surface area (Å²) in [4.78, 5) is 8.99. The second-order valence-electron chi connectivity index (χ2n) is 8.31. The normalized spacial score (nSPS) is 27.5. The molecule has 2 unspecified atom stereocenters. The molecule has 2 heterocycles. The minimum absolute atomic E-state index is 0.331. The summed E-state index contributed by atoms with van der Waals surface area (Å²) < 4.78 is 12.1. The standard InChI is InChI=1S/C18H32BN5O2/c1-17(2)18(3,4)26-19(25-17)13-11-22-16(23-12-13)24-15-8-6-5-7-14(15)21-10-9-20/h11-12,14-15,21H,5-10,20H2,1-4H3,(H,22,23,24). The summed E-state index contributed by atoms with van der Waals surface area (Å²) in [5, 5.41) is 7.02. The van der Waals surface area contributed by atoms with Gasteiger partial charge in [0, 0.05) is 43.0 Å². The third-order valence-electron chi connectivity index (χ3n) is 5.83. The van der Waals surface area contributed by atoms with Gasteiger partial charge in [-0.25, -0.2) is 9.97 Å². The second-order valence-corrected chi connectivity index (χ2v) is 8.31. The maximum Gasteiger partial charge on any atom is 0.498 e. The van der Waals surface area contributed by atoms with Gasteiger partial charge < -0.3 is 25.7 Å². The number of nitrogens with one attached hydrogen (secondary N) is 2. The topological polar surface area (TPSA) is 94.3 Å². The highest BCUT2D eigenvalue weighted by Crippen LogP contribution is 2.36. The van der Waals surface area contributed by atoms with E-state index in [9.17, 15) is 0 Å². The van der Waals surface area contributed by atoms with Crippen LogP contribution in [0, 0.1) is 0 Å². The Morgan fingerprint density at radius 1 is 1.08 bits per heavy atom. The average Bonchev–Trinajstić information content (AvgIpc) is 2.82. The third kappa shape index (κ3) is 4.19. The van der Waals surface area contributed by atoms with Crippen molar-refractivity contribution < 1.29 is 9.31 Å². The van der Waals surface area contributed by atoms with Crippen LogP contribution in [0.25, 0.3) is 0 Å². The van der Waals surface area contributed by atoms with E-state index in [1.807, 2.05) is 27.7 Å². The SMILES string of the molecule is CC1(C)OB(c2cnc(NC3CCCCC3NCCN)nc2)OC1(C)C. The Morgan fingerprint density at radius 3 is 2.23 bits per heavy atom. The Bertz CT molecular complexity index is 580. The molecule has 0 amide bonds. The van der Waals surface area contributed by atoms with Crippen LogP contribution in [-0.2, 0) is 9.31 Å². The van der Waals surface area contributed by atoms with Gasteiger partial charge in [0.2, 0.25) is 5.95 Å². The molecule has 0 aromatic carbocycles. The van der Waals surface area contributed by atoms with Crippen LogP contribution in [0.1, 0.15) is 53.4 Å². The number of anilines is 1. The van der Waals surface area contributed by atoms with Crippen LogP contribution in [-0.4, -0.2) is 53.5 Å².